The molecule has 0 saturated heterocycles. The average Bonchev–Trinajstić information content (AvgIpc) is 2.66. The summed E-state index contributed by atoms with van der Waals surface area (Å²) >= 11 is 0.606. The first kappa shape index (κ1) is 11.8. The fourth-order valence-corrected chi connectivity index (χ4v) is 1.67. The number of carbonyl (C=O) groups is 2. The normalized spacial score (nSPS) is 19.4. The molecule has 1 aromatic carbocycles. The van der Waals surface area contributed by atoms with Crippen molar-refractivity contribution >= 4 is 35.6 Å². The van der Waals surface area contributed by atoms with Gasteiger partial charge in [0.25, 0.3) is 5.91 Å². The highest BCUT2D eigenvalue weighted by Gasteiger charge is 2.33. The standard InChI is InChI=1S/C10H9N3O3S/c11-9-8(5-14)12-13(10(9)15)6-1-3-7(17-16)4-2-6/h1-5,9,16H,11H2. The van der Waals surface area contributed by atoms with Crippen LogP contribution < -0.4 is 10.7 Å². The van der Waals surface area contributed by atoms with Gasteiger partial charge >= 0.3 is 0 Å². The Hall–Kier alpha value is -1.70. The maximum Gasteiger partial charge on any atom is 0.270 e. The van der Waals surface area contributed by atoms with Crippen LogP contribution in [-0.2, 0) is 9.59 Å². The minimum Gasteiger partial charge on any atom is -0.325 e. The van der Waals surface area contributed by atoms with Crippen molar-refractivity contribution in [1.29, 1.82) is 0 Å². The Bertz CT molecular complexity index is 486. The van der Waals surface area contributed by atoms with Gasteiger partial charge in [-0.2, -0.15) is 10.1 Å². The number of nitrogens with two attached hydrogens (primary N) is 1. The second kappa shape index (κ2) is 4.66. The van der Waals surface area contributed by atoms with E-state index in [1.165, 1.54) is 0 Å². The van der Waals surface area contributed by atoms with Gasteiger partial charge in [-0.05, 0) is 24.3 Å². The summed E-state index contributed by atoms with van der Waals surface area (Å²) in [6.07, 6.45) is 0.473. The molecule has 0 bridgehead atoms. The number of hydrazone groups is 1. The molecule has 1 aliphatic rings. The highest BCUT2D eigenvalue weighted by Crippen LogP contribution is 2.23. The minimum absolute atomic E-state index is 0.00982. The van der Waals surface area contributed by atoms with Crippen LogP contribution in [0.2, 0.25) is 0 Å². The van der Waals surface area contributed by atoms with Crippen LogP contribution in [0.4, 0.5) is 5.69 Å². The monoisotopic (exact) mass is 251 g/mol. The molecule has 2 rings (SSSR count). The van der Waals surface area contributed by atoms with Gasteiger partial charge in [-0.3, -0.25) is 9.59 Å². The second-order valence-corrected chi connectivity index (χ2v) is 4.01. The topological polar surface area (TPSA) is 96.0 Å². The quantitative estimate of drug-likeness (QED) is 0.601. The molecule has 1 aliphatic heterocycles. The fourth-order valence-electron chi connectivity index (χ4n) is 1.42. The molecule has 1 heterocycles. The smallest absolute Gasteiger partial charge is 0.270 e. The third-order valence-corrected chi connectivity index (χ3v) is 2.80. The first-order valence-electron chi connectivity index (χ1n) is 4.72. The average molecular weight is 251 g/mol. The van der Waals surface area contributed by atoms with Crippen molar-refractivity contribution in [3.05, 3.63) is 24.3 Å². The zero-order valence-corrected chi connectivity index (χ0v) is 9.42. The van der Waals surface area contributed by atoms with Gasteiger partial charge in [-0.15, -0.1) is 0 Å². The SMILES string of the molecule is NC1C(=O)N(c2ccc(SO)cc2)N=C1C=O. The molecular formula is C10H9N3O3S. The molecule has 0 radical (unpaired) electrons. The van der Waals surface area contributed by atoms with Crippen LogP contribution in [0.15, 0.2) is 34.3 Å². The van der Waals surface area contributed by atoms with Gasteiger partial charge in [0, 0.05) is 16.9 Å². The van der Waals surface area contributed by atoms with Crippen LogP contribution in [0.1, 0.15) is 0 Å². The van der Waals surface area contributed by atoms with Crippen molar-refractivity contribution in [2.75, 3.05) is 5.01 Å². The molecular weight excluding hydrogens is 242 g/mol. The van der Waals surface area contributed by atoms with E-state index in [-0.39, 0.29) is 5.71 Å². The summed E-state index contributed by atoms with van der Waals surface area (Å²) in [6, 6.07) is 5.49. The van der Waals surface area contributed by atoms with E-state index in [1.807, 2.05) is 0 Å². The summed E-state index contributed by atoms with van der Waals surface area (Å²) in [4.78, 5) is 23.0. The van der Waals surface area contributed by atoms with E-state index in [4.69, 9.17) is 10.3 Å². The lowest BCUT2D eigenvalue weighted by atomic mass is 10.2. The Kier molecular flexibility index (Phi) is 3.23. The summed E-state index contributed by atoms with van der Waals surface area (Å²) < 4.78 is 8.81. The zero-order chi connectivity index (χ0) is 12.4. The van der Waals surface area contributed by atoms with Gasteiger partial charge in [0.05, 0.1) is 5.69 Å². The molecule has 0 fully saturated rings. The maximum atomic E-state index is 11.7. The first-order chi connectivity index (χ1) is 8.17. The third-order valence-electron chi connectivity index (χ3n) is 2.32. The summed E-state index contributed by atoms with van der Waals surface area (Å²) in [6.45, 7) is 0. The molecule has 1 unspecified atom stereocenters. The Morgan fingerprint density at radius 1 is 1.41 bits per heavy atom. The summed E-state index contributed by atoms with van der Waals surface area (Å²) in [5.74, 6) is -0.448. The fraction of sp³-hybridized carbons (Fsp3) is 0.100. The van der Waals surface area contributed by atoms with Crippen LogP contribution >= 0.6 is 12.0 Å². The van der Waals surface area contributed by atoms with Crippen molar-refractivity contribution < 1.29 is 14.1 Å². The molecule has 1 amide bonds. The van der Waals surface area contributed by atoms with Gasteiger partial charge < -0.3 is 10.3 Å². The Morgan fingerprint density at radius 2 is 2.06 bits per heavy atom. The molecule has 88 valence electrons. The van der Waals surface area contributed by atoms with Crippen LogP contribution in [0.25, 0.3) is 0 Å². The summed E-state index contributed by atoms with van der Waals surface area (Å²) in [5, 5.41) is 4.92. The van der Waals surface area contributed by atoms with E-state index in [2.05, 4.69) is 5.10 Å². The van der Waals surface area contributed by atoms with Gasteiger partial charge in [-0.25, -0.2) is 0 Å². The number of anilines is 1. The summed E-state index contributed by atoms with van der Waals surface area (Å²) in [7, 11) is 0. The number of hydrogen-bond acceptors (Lipinski definition) is 6. The molecule has 3 N–H and O–H groups in total. The molecule has 0 aliphatic carbocycles. The molecule has 0 spiro atoms. The maximum absolute atomic E-state index is 11.7. The van der Waals surface area contributed by atoms with E-state index in [0.29, 0.717) is 28.9 Å². The highest BCUT2D eigenvalue weighted by atomic mass is 32.2. The lowest BCUT2D eigenvalue weighted by Gasteiger charge is -2.12. The summed E-state index contributed by atoms with van der Waals surface area (Å²) in [5.41, 5.74) is 6.03. The Balaban J connectivity index is 2.31. The Morgan fingerprint density at radius 3 is 2.53 bits per heavy atom. The van der Waals surface area contributed by atoms with Gasteiger partial charge in [0.2, 0.25) is 0 Å². The van der Waals surface area contributed by atoms with Gasteiger partial charge in [0.15, 0.2) is 6.29 Å². The van der Waals surface area contributed by atoms with E-state index < -0.39 is 11.9 Å². The number of rotatable bonds is 3. The lowest BCUT2D eigenvalue weighted by molar-refractivity contribution is -0.118. The second-order valence-electron chi connectivity index (χ2n) is 3.36. The number of nitrogens with zero attached hydrogens (tertiary/aromatic N) is 2. The molecule has 7 heteroatoms. The van der Waals surface area contributed by atoms with Gasteiger partial charge in [-0.1, -0.05) is 0 Å². The molecule has 1 aromatic rings. The van der Waals surface area contributed by atoms with E-state index in [0.717, 1.165) is 5.01 Å². The number of hydrogen-bond donors (Lipinski definition) is 2. The van der Waals surface area contributed by atoms with E-state index in [9.17, 15) is 9.59 Å². The first-order valence-corrected chi connectivity index (χ1v) is 5.49. The molecule has 0 saturated carbocycles. The van der Waals surface area contributed by atoms with E-state index in [1.54, 1.807) is 24.3 Å². The number of benzene rings is 1. The Labute approximate surface area is 101 Å². The van der Waals surface area contributed by atoms with Crippen LogP contribution in [0.3, 0.4) is 0 Å². The van der Waals surface area contributed by atoms with Crippen molar-refractivity contribution in [3.63, 3.8) is 0 Å². The largest absolute Gasteiger partial charge is 0.325 e. The number of aldehydes is 1. The van der Waals surface area contributed by atoms with Crippen molar-refractivity contribution in [1.82, 2.24) is 0 Å². The third kappa shape index (κ3) is 2.07. The van der Waals surface area contributed by atoms with Crippen LogP contribution in [0, 0.1) is 0 Å². The van der Waals surface area contributed by atoms with Crippen molar-refractivity contribution in [2.45, 2.75) is 10.9 Å². The lowest BCUT2D eigenvalue weighted by Crippen LogP contribution is -2.39. The molecule has 1 atom stereocenters. The van der Waals surface area contributed by atoms with Crippen molar-refractivity contribution in [2.24, 2.45) is 10.8 Å². The molecule has 6 nitrogen and oxygen atoms in total. The highest BCUT2D eigenvalue weighted by molar-refractivity contribution is 7.93. The van der Waals surface area contributed by atoms with Gasteiger partial charge in [0.1, 0.15) is 11.8 Å². The van der Waals surface area contributed by atoms with Crippen molar-refractivity contribution in [3.8, 4) is 0 Å². The predicted octanol–water partition coefficient (Wildman–Crippen LogP) is 0.480. The van der Waals surface area contributed by atoms with E-state index >= 15 is 0 Å². The minimum atomic E-state index is -1.00. The van der Waals surface area contributed by atoms with Crippen LogP contribution in [0.5, 0.6) is 0 Å². The van der Waals surface area contributed by atoms with Crippen LogP contribution in [-0.4, -0.2) is 28.5 Å². The predicted molar refractivity (Wildman–Crippen MR) is 63.9 cm³/mol. The zero-order valence-electron chi connectivity index (χ0n) is 8.61. The molecule has 17 heavy (non-hydrogen) atoms. The number of amides is 1. The number of carbonyl (C=O) groups excluding carboxylic acids is 2. The molecule has 0 aromatic heterocycles.